The summed E-state index contributed by atoms with van der Waals surface area (Å²) in [5, 5.41) is 0. The predicted octanol–water partition coefficient (Wildman–Crippen LogP) is -2.27. The van der Waals surface area contributed by atoms with Crippen LogP contribution in [0.15, 0.2) is 51.3 Å². The Kier molecular flexibility index (Phi) is 6.99. The molecule has 89 valence electrons. The Labute approximate surface area is 131 Å². The average molecular weight is 345 g/mol. The molecule has 0 atom stereocenters. The monoisotopic (exact) mass is 343 g/mol. The first-order chi connectivity index (χ1) is 7.12. The van der Waals surface area contributed by atoms with E-state index in [1.807, 2.05) is 0 Å². The zero-order chi connectivity index (χ0) is 10.9. The second kappa shape index (κ2) is 6.93. The van der Waals surface area contributed by atoms with Crippen LogP contribution in [0.2, 0.25) is 0 Å². The molecule has 1 aromatic carbocycles. The maximum absolute atomic E-state index is 2.32. The molecule has 0 unspecified atom stereocenters. The molecule has 0 heterocycles. The van der Waals surface area contributed by atoms with Crippen LogP contribution in [0.3, 0.4) is 0 Å². The largest absolute Gasteiger partial charge is 1.00 e. The summed E-state index contributed by atoms with van der Waals surface area (Å²) < 4.78 is 1.59. The van der Waals surface area contributed by atoms with Crippen molar-refractivity contribution in [3.05, 3.63) is 56.9 Å². The summed E-state index contributed by atoms with van der Waals surface area (Å²) in [6.07, 6.45) is 5.74. The quantitative estimate of drug-likeness (QED) is 0.567. The van der Waals surface area contributed by atoms with Crippen LogP contribution in [0.5, 0.6) is 0 Å². The van der Waals surface area contributed by atoms with E-state index in [0.29, 0.717) is 0 Å². The van der Waals surface area contributed by atoms with Gasteiger partial charge in [-0.1, -0.05) is 0 Å². The van der Waals surface area contributed by atoms with Crippen molar-refractivity contribution >= 4 is 0 Å². The van der Waals surface area contributed by atoms with Gasteiger partial charge in [0.15, 0.2) is 0 Å². The minimum absolute atomic E-state index is 0. The molecule has 3 heteroatoms. The molecular formula is C14H15Cl2Zr. The van der Waals surface area contributed by atoms with E-state index in [1.54, 1.807) is 28.0 Å². The summed E-state index contributed by atoms with van der Waals surface area (Å²) in [5.74, 6) is 0. The van der Waals surface area contributed by atoms with Crippen LogP contribution >= 0.6 is 0 Å². The van der Waals surface area contributed by atoms with Gasteiger partial charge in [0.2, 0.25) is 0 Å². The van der Waals surface area contributed by atoms with E-state index < -0.39 is 0 Å². The van der Waals surface area contributed by atoms with Gasteiger partial charge < -0.3 is 24.8 Å². The second-order valence-corrected chi connectivity index (χ2v) is 5.97. The summed E-state index contributed by atoms with van der Waals surface area (Å²) in [7, 11) is 0. The van der Waals surface area contributed by atoms with Crippen molar-refractivity contribution in [3.8, 4) is 0 Å². The first-order valence-corrected chi connectivity index (χ1v) is 6.52. The third-order valence-electron chi connectivity index (χ3n) is 3.10. The molecular weight excluding hydrogens is 330 g/mol. The van der Waals surface area contributed by atoms with E-state index in [-0.39, 0.29) is 30.2 Å². The third kappa shape index (κ3) is 3.56. The van der Waals surface area contributed by atoms with E-state index >= 15 is 0 Å². The summed E-state index contributed by atoms with van der Waals surface area (Å²) in [6, 6.07) is 10.8. The molecule has 0 aliphatic heterocycles. The van der Waals surface area contributed by atoms with Crippen molar-refractivity contribution in [1.29, 1.82) is 0 Å². The number of hydrogen-bond acceptors (Lipinski definition) is 0. The molecule has 0 nitrogen and oxygen atoms in total. The molecule has 1 aromatic rings. The van der Waals surface area contributed by atoms with Crippen LogP contribution in [0.25, 0.3) is 0 Å². The van der Waals surface area contributed by atoms with Crippen LogP contribution in [0.4, 0.5) is 0 Å². The maximum Gasteiger partial charge on any atom is -1.00 e. The van der Waals surface area contributed by atoms with Crippen molar-refractivity contribution in [1.82, 2.24) is 0 Å². The van der Waals surface area contributed by atoms with Gasteiger partial charge in [0.05, 0.1) is 0 Å². The number of hydrogen-bond donors (Lipinski definition) is 0. The van der Waals surface area contributed by atoms with E-state index in [1.165, 1.54) is 11.1 Å². The molecule has 17 heavy (non-hydrogen) atoms. The zero-order valence-electron chi connectivity index (χ0n) is 10.0. The van der Waals surface area contributed by atoms with Crippen LogP contribution < -0.4 is 24.8 Å². The van der Waals surface area contributed by atoms with Crippen molar-refractivity contribution in [2.45, 2.75) is 25.7 Å². The molecule has 0 bridgehead atoms. The fourth-order valence-corrected chi connectivity index (χ4v) is 3.36. The molecule has 0 fully saturated rings. The Bertz CT molecular complexity index is 419. The predicted molar refractivity (Wildman–Crippen MR) is 60.3 cm³/mol. The van der Waals surface area contributed by atoms with Crippen molar-refractivity contribution < 1.29 is 49.5 Å². The van der Waals surface area contributed by atoms with Gasteiger partial charge in [-0.2, -0.15) is 0 Å². The van der Waals surface area contributed by atoms with Gasteiger partial charge >= 0.3 is 107 Å². The molecule has 0 radical (unpaired) electrons. The molecule has 2 rings (SSSR count). The summed E-state index contributed by atoms with van der Waals surface area (Å²) in [6.45, 7) is 4.63. The second-order valence-electron chi connectivity index (χ2n) is 4.49. The van der Waals surface area contributed by atoms with Gasteiger partial charge in [0, 0.05) is 0 Å². The van der Waals surface area contributed by atoms with E-state index in [4.69, 9.17) is 0 Å². The minimum atomic E-state index is 0. The summed E-state index contributed by atoms with van der Waals surface area (Å²) in [4.78, 5) is 0. The fourth-order valence-electron chi connectivity index (χ4n) is 2.10. The average Bonchev–Trinajstić information content (AvgIpc) is 2.66. The smallest absolute Gasteiger partial charge is 1.00 e. The van der Waals surface area contributed by atoms with Crippen molar-refractivity contribution in [2.75, 3.05) is 0 Å². The Balaban J connectivity index is 0.00000128. The van der Waals surface area contributed by atoms with E-state index in [9.17, 15) is 0 Å². The Morgan fingerprint density at radius 3 is 2.12 bits per heavy atom. The SMILES string of the molecule is CC(C)(C1=[C]([Zr+2])CC=C1)c1ccccc1.[Cl-].[Cl-]. The molecule has 1 aliphatic rings. The van der Waals surface area contributed by atoms with Gasteiger partial charge in [-0.05, 0) is 0 Å². The van der Waals surface area contributed by atoms with Crippen molar-refractivity contribution in [2.24, 2.45) is 0 Å². The Hall–Kier alpha value is 0.163. The van der Waals surface area contributed by atoms with Gasteiger partial charge in [-0.3, -0.25) is 0 Å². The van der Waals surface area contributed by atoms with Gasteiger partial charge in [0.25, 0.3) is 0 Å². The molecule has 0 N–H and O–H groups in total. The molecule has 1 aliphatic carbocycles. The van der Waals surface area contributed by atoms with Crippen LogP contribution in [-0.2, 0) is 30.1 Å². The fraction of sp³-hybridized carbons (Fsp3) is 0.286. The van der Waals surface area contributed by atoms with E-state index in [0.717, 1.165) is 6.42 Å². The normalized spacial score (nSPS) is 14.4. The first-order valence-electron chi connectivity index (χ1n) is 5.29. The minimum Gasteiger partial charge on any atom is -1.00 e. The zero-order valence-corrected chi connectivity index (χ0v) is 14.0. The molecule has 0 spiro atoms. The van der Waals surface area contributed by atoms with E-state index in [2.05, 4.69) is 56.3 Å². The molecule has 0 saturated carbocycles. The standard InChI is InChI=1S/C14H15.2ClH.Zr/c1-14(2,13-10-6-7-11-13)12-8-4-3-5-9-12;;;/h3-6,8-10H,7H2,1-2H3;2*1H;/q;;;+2/p-2. The number of halogens is 2. The number of allylic oxidation sites excluding steroid dienone is 4. The first kappa shape index (κ1) is 17.2. The molecule has 0 aromatic heterocycles. The molecule has 0 amide bonds. The van der Waals surface area contributed by atoms with Crippen LogP contribution in [0, 0.1) is 0 Å². The van der Waals surface area contributed by atoms with Gasteiger partial charge in [-0.15, -0.1) is 0 Å². The van der Waals surface area contributed by atoms with Crippen LogP contribution in [0.1, 0.15) is 25.8 Å². The van der Waals surface area contributed by atoms with Gasteiger partial charge in [0.1, 0.15) is 0 Å². The van der Waals surface area contributed by atoms with Crippen molar-refractivity contribution in [3.63, 3.8) is 0 Å². The van der Waals surface area contributed by atoms with Crippen LogP contribution in [-0.4, -0.2) is 0 Å². The number of rotatable bonds is 2. The Morgan fingerprint density at radius 1 is 1.06 bits per heavy atom. The van der Waals surface area contributed by atoms with Gasteiger partial charge in [-0.25, -0.2) is 0 Å². The number of benzene rings is 1. The maximum atomic E-state index is 2.32. The summed E-state index contributed by atoms with van der Waals surface area (Å²) >= 11 is 1.56. The topological polar surface area (TPSA) is 0 Å². The summed E-state index contributed by atoms with van der Waals surface area (Å²) in [5.41, 5.74) is 3.09. The molecule has 0 saturated heterocycles. The Morgan fingerprint density at radius 2 is 1.65 bits per heavy atom. The third-order valence-corrected chi connectivity index (χ3v) is 4.26.